The molecule has 1 amide bonds. The Labute approximate surface area is 158 Å². The van der Waals surface area contributed by atoms with Gasteiger partial charge in [-0.2, -0.15) is 0 Å². The Morgan fingerprint density at radius 1 is 1.29 bits per heavy atom. The van der Waals surface area contributed by atoms with Crippen LogP contribution >= 0.6 is 34.8 Å². The number of rotatable bonds is 3. The third kappa shape index (κ3) is 5.61. The SMILES string of the molecule is CC(C)(C)OC(=O)N1CCCC(CNc2c(Cl)cc(Cl)cc2Cl)C1. The average Bonchev–Trinajstić information content (AvgIpc) is 2.44. The molecule has 0 bridgehead atoms. The summed E-state index contributed by atoms with van der Waals surface area (Å²) in [5.74, 6) is 0.314. The van der Waals surface area contributed by atoms with Gasteiger partial charge in [0.15, 0.2) is 0 Å². The van der Waals surface area contributed by atoms with Crippen molar-refractivity contribution >= 4 is 46.6 Å². The van der Waals surface area contributed by atoms with E-state index in [1.807, 2.05) is 20.8 Å². The van der Waals surface area contributed by atoms with Crippen LogP contribution in [0.4, 0.5) is 10.5 Å². The van der Waals surface area contributed by atoms with Crippen molar-refractivity contribution in [3.05, 3.63) is 27.2 Å². The number of carbonyl (C=O) groups is 1. The van der Waals surface area contributed by atoms with Crippen molar-refractivity contribution in [2.75, 3.05) is 25.0 Å². The van der Waals surface area contributed by atoms with Gasteiger partial charge in [0.05, 0.1) is 15.7 Å². The third-order valence-electron chi connectivity index (χ3n) is 3.75. The van der Waals surface area contributed by atoms with Crippen molar-refractivity contribution < 1.29 is 9.53 Å². The number of piperidine rings is 1. The van der Waals surface area contributed by atoms with Gasteiger partial charge in [0.25, 0.3) is 0 Å². The van der Waals surface area contributed by atoms with E-state index in [4.69, 9.17) is 39.5 Å². The average molecular weight is 394 g/mol. The molecule has 0 spiro atoms. The molecule has 1 heterocycles. The Bertz CT molecular complexity index is 579. The van der Waals surface area contributed by atoms with Gasteiger partial charge in [0, 0.05) is 24.7 Å². The van der Waals surface area contributed by atoms with Gasteiger partial charge in [-0.1, -0.05) is 34.8 Å². The summed E-state index contributed by atoms with van der Waals surface area (Å²) in [6.45, 7) is 7.69. The van der Waals surface area contributed by atoms with Crippen LogP contribution in [0.15, 0.2) is 12.1 Å². The summed E-state index contributed by atoms with van der Waals surface area (Å²) in [6, 6.07) is 3.32. The molecule has 0 saturated carbocycles. The molecule has 1 aliphatic rings. The van der Waals surface area contributed by atoms with Gasteiger partial charge < -0.3 is 15.0 Å². The number of ether oxygens (including phenoxy) is 1. The molecule has 4 nitrogen and oxygen atoms in total. The van der Waals surface area contributed by atoms with Gasteiger partial charge >= 0.3 is 6.09 Å². The number of carbonyl (C=O) groups excluding carboxylic acids is 1. The second-order valence-corrected chi connectivity index (χ2v) is 8.31. The van der Waals surface area contributed by atoms with E-state index in [2.05, 4.69) is 5.32 Å². The zero-order valence-corrected chi connectivity index (χ0v) is 16.4. The fourth-order valence-corrected chi connectivity index (χ4v) is 3.63. The molecule has 1 N–H and O–H groups in total. The minimum Gasteiger partial charge on any atom is -0.444 e. The van der Waals surface area contributed by atoms with Crippen LogP contribution in [0.1, 0.15) is 33.6 Å². The molecule has 134 valence electrons. The second-order valence-electron chi connectivity index (χ2n) is 7.06. The molecule has 1 unspecified atom stereocenters. The first-order chi connectivity index (χ1) is 11.2. The maximum Gasteiger partial charge on any atom is 0.410 e. The molecule has 1 fully saturated rings. The van der Waals surface area contributed by atoms with Gasteiger partial charge in [0.2, 0.25) is 0 Å². The number of nitrogens with zero attached hydrogens (tertiary/aromatic N) is 1. The predicted molar refractivity (Wildman–Crippen MR) is 100 cm³/mol. The van der Waals surface area contributed by atoms with Crippen molar-refractivity contribution in [2.45, 2.75) is 39.2 Å². The van der Waals surface area contributed by atoms with Crippen molar-refractivity contribution in [2.24, 2.45) is 5.92 Å². The molecule has 0 radical (unpaired) electrons. The number of nitrogens with one attached hydrogen (secondary N) is 1. The molecule has 0 aliphatic carbocycles. The monoisotopic (exact) mass is 392 g/mol. The Kier molecular flexibility index (Phi) is 6.52. The summed E-state index contributed by atoms with van der Waals surface area (Å²) >= 11 is 18.3. The van der Waals surface area contributed by atoms with Crippen molar-refractivity contribution in [3.63, 3.8) is 0 Å². The fourth-order valence-electron chi connectivity index (χ4n) is 2.68. The number of hydrogen-bond donors (Lipinski definition) is 1. The summed E-state index contributed by atoms with van der Waals surface area (Å²) in [4.78, 5) is 14.0. The lowest BCUT2D eigenvalue weighted by Crippen LogP contribution is -2.44. The van der Waals surface area contributed by atoms with Crippen LogP contribution in [0.2, 0.25) is 15.1 Å². The third-order valence-corrected chi connectivity index (χ3v) is 4.56. The van der Waals surface area contributed by atoms with Crippen molar-refractivity contribution in [1.82, 2.24) is 4.90 Å². The highest BCUT2D eigenvalue weighted by molar-refractivity contribution is 6.41. The Hall–Kier alpha value is -0.840. The largest absolute Gasteiger partial charge is 0.444 e. The van der Waals surface area contributed by atoms with E-state index in [0.717, 1.165) is 19.4 Å². The van der Waals surface area contributed by atoms with Crippen LogP contribution in [-0.2, 0) is 4.74 Å². The number of benzene rings is 1. The summed E-state index contributed by atoms with van der Waals surface area (Å²) in [5, 5.41) is 4.77. The van der Waals surface area contributed by atoms with E-state index in [9.17, 15) is 4.79 Å². The topological polar surface area (TPSA) is 41.6 Å². The molecule has 2 rings (SSSR count). The number of anilines is 1. The minimum atomic E-state index is -0.480. The standard InChI is InChI=1S/C17H23Cl3N2O2/c1-17(2,3)24-16(23)22-6-4-5-11(10-22)9-21-15-13(19)7-12(18)8-14(15)20/h7-8,11,21H,4-6,9-10H2,1-3H3. The van der Waals surface area contributed by atoms with Gasteiger partial charge in [-0.3, -0.25) is 0 Å². The maximum absolute atomic E-state index is 12.2. The minimum absolute atomic E-state index is 0.255. The van der Waals surface area contributed by atoms with Crippen molar-refractivity contribution in [1.29, 1.82) is 0 Å². The number of hydrogen-bond acceptors (Lipinski definition) is 3. The van der Waals surface area contributed by atoms with Crippen molar-refractivity contribution in [3.8, 4) is 0 Å². The smallest absolute Gasteiger partial charge is 0.410 e. The van der Waals surface area contributed by atoms with Gasteiger partial charge in [0.1, 0.15) is 5.60 Å². The summed E-state index contributed by atoms with van der Waals surface area (Å²) in [7, 11) is 0. The molecular formula is C17H23Cl3N2O2. The number of halogens is 3. The molecule has 1 aromatic rings. The van der Waals surface area contributed by atoms with Crippen LogP contribution in [0.5, 0.6) is 0 Å². The Morgan fingerprint density at radius 3 is 2.50 bits per heavy atom. The van der Waals surface area contributed by atoms with Gasteiger partial charge in [-0.25, -0.2) is 4.79 Å². The van der Waals surface area contributed by atoms with E-state index >= 15 is 0 Å². The van der Waals surface area contributed by atoms with Gasteiger partial charge in [-0.05, 0) is 51.7 Å². The molecule has 1 atom stereocenters. The molecular weight excluding hydrogens is 371 g/mol. The molecule has 1 aromatic carbocycles. The first-order valence-electron chi connectivity index (χ1n) is 8.02. The lowest BCUT2D eigenvalue weighted by atomic mass is 9.98. The molecule has 0 aromatic heterocycles. The van der Waals surface area contributed by atoms with Crippen LogP contribution in [-0.4, -0.2) is 36.2 Å². The van der Waals surface area contributed by atoms with Gasteiger partial charge in [-0.15, -0.1) is 0 Å². The van der Waals surface area contributed by atoms with Crippen LogP contribution in [0.3, 0.4) is 0 Å². The predicted octanol–water partition coefficient (Wildman–Crippen LogP) is 5.71. The van der Waals surface area contributed by atoms with Crippen LogP contribution in [0, 0.1) is 5.92 Å². The molecule has 24 heavy (non-hydrogen) atoms. The first-order valence-corrected chi connectivity index (χ1v) is 9.15. The quantitative estimate of drug-likeness (QED) is 0.715. The summed E-state index contributed by atoms with van der Waals surface area (Å²) in [5.41, 5.74) is 0.198. The van der Waals surface area contributed by atoms with E-state index in [-0.39, 0.29) is 6.09 Å². The second kappa shape index (κ2) is 8.03. The molecule has 1 saturated heterocycles. The summed E-state index contributed by atoms with van der Waals surface area (Å²) in [6.07, 6.45) is 1.73. The highest BCUT2D eigenvalue weighted by Crippen LogP contribution is 2.34. The Balaban J connectivity index is 1.93. The molecule has 1 aliphatic heterocycles. The summed E-state index contributed by atoms with van der Waals surface area (Å²) < 4.78 is 5.45. The maximum atomic E-state index is 12.2. The number of amides is 1. The van der Waals surface area contributed by atoms with E-state index in [0.29, 0.717) is 39.8 Å². The van der Waals surface area contributed by atoms with Crippen LogP contribution < -0.4 is 5.32 Å². The fraction of sp³-hybridized carbons (Fsp3) is 0.588. The highest BCUT2D eigenvalue weighted by atomic mass is 35.5. The number of likely N-dealkylation sites (tertiary alicyclic amines) is 1. The highest BCUT2D eigenvalue weighted by Gasteiger charge is 2.27. The van der Waals surface area contributed by atoms with E-state index in [1.54, 1.807) is 17.0 Å². The lowest BCUT2D eigenvalue weighted by molar-refractivity contribution is 0.0172. The van der Waals surface area contributed by atoms with Crippen LogP contribution in [0.25, 0.3) is 0 Å². The Morgan fingerprint density at radius 2 is 1.92 bits per heavy atom. The van der Waals surface area contributed by atoms with E-state index in [1.165, 1.54) is 0 Å². The normalized spacial score (nSPS) is 18.4. The van der Waals surface area contributed by atoms with E-state index < -0.39 is 5.60 Å². The zero-order chi connectivity index (χ0) is 17.9. The first kappa shape index (κ1) is 19.5. The lowest BCUT2D eigenvalue weighted by Gasteiger charge is -2.34. The zero-order valence-electron chi connectivity index (χ0n) is 14.2. The molecule has 7 heteroatoms.